The lowest BCUT2D eigenvalue weighted by molar-refractivity contribution is -0.142. The van der Waals surface area contributed by atoms with Gasteiger partial charge in [0.05, 0.1) is 0 Å². The highest BCUT2D eigenvalue weighted by atomic mass is 16.4. The van der Waals surface area contributed by atoms with Crippen LogP contribution < -0.4 is 10.6 Å². The highest BCUT2D eigenvalue weighted by Gasteiger charge is 2.38. The van der Waals surface area contributed by atoms with Gasteiger partial charge in [-0.2, -0.15) is 0 Å². The number of amides is 2. The molecule has 0 saturated heterocycles. The molecule has 3 N–H and O–H groups in total. The van der Waals surface area contributed by atoms with Gasteiger partial charge in [0.2, 0.25) is 5.91 Å². The molecule has 1 aromatic carbocycles. The van der Waals surface area contributed by atoms with E-state index in [-0.39, 0.29) is 23.7 Å². The molecule has 1 fully saturated rings. The standard InChI is InChI=1S/C16H20N2O4/c1-9(16(21)22)18-15(20)13-8-7-12(13)10-3-5-11(6-4-10)14(19)17-2/h3-6,9,12-13H,7-8H2,1-2H3,(H,17,19)(H,18,20)(H,21,22)/t9-,12?,13?/m0/s1. The monoisotopic (exact) mass is 304 g/mol. The molecule has 0 spiro atoms. The van der Waals surface area contributed by atoms with Crippen molar-refractivity contribution in [2.75, 3.05) is 7.05 Å². The van der Waals surface area contributed by atoms with Crippen LogP contribution in [0.1, 0.15) is 41.6 Å². The van der Waals surface area contributed by atoms with E-state index in [4.69, 9.17) is 5.11 Å². The summed E-state index contributed by atoms with van der Waals surface area (Å²) in [7, 11) is 1.58. The maximum absolute atomic E-state index is 12.1. The van der Waals surface area contributed by atoms with Crippen molar-refractivity contribution in [2.24, 2.45) is 5.92 Å². The molecular weight excluding hydrogens is 284 g/mol. The smallest absolute Gasteiger partial charge is 0.325 e. The van der Waals surface area contributed by atoms with Gasteiger partial charge in [0.25, 0.3) is 5.91 Å². The molecule has 0 radical (unpaired) electrons. The van der Waals surface area contributed by atoms with Crippen LogP contribution >= 0.6 is 0 Å². The first kappa shape index (κ1) is 16.0. The fourth-order valence-corrected chi connectivity index (χ4v) is 2.62. The van der Waals surface area contributed by atoms with E-state index in [1.165, 1.54) is 6.92 Å². The molecule has 1 saturated carbocycles. The quantitative estimate of drug-likeness (QED) is 0.760. The zero-order valence-electron chi connectivity index (χ0n) is 12.6. The van der Waals surface area contributed by atoms with Crippen LogP contribution in [0.2, 0.25) is 0 Å². The molecule has 3 atom stereocenters. The third kappa shape index (κ3) is 3.27. The van der Waals surface area contributed by atoms with E-state index in [9.17, 15) is 14.4 Å². The number of nitrogens with one attached hydrogen (secondary N) is 2. The zero-order chi connectivity index (χ0) is 16.3. The van der Waals surface area contributed by atoms with E-state index in [1.54, 1.807) is 19.2 Å². The number of aliphatic carboxylic acids is 1. The summed E-state index contributed by atoms with van der Waals surface area (Å²) in [6.07, 6.45) is 1.64. The Morgan fingerprint density at radius 2 is 1.82 bits per heavy atom. The third-order valence-electron chi connectivity index (χ3n) is 4.17. The Kier molecular flexibility index (Phi) is 4.80. The molecule has 2 rings (SSSR count). The predicted octanol–water partition coefficient (Wildman–Crippen LogP) is 1.13. The van der Waals surface area contributed by atoms with E-state index >= 15 is 0 Å². The number of carboxylic acid groups (broad SMARTS) is 1. The zero-order valence-corrected chi connectivity index (χ0v) is 12.6. The minimum Gasteiger partial charge on any atom is -0.480 e. The third-order valence-corrected chi connectivity index (χ3v) is 4.17. The van der Waals surface area contributed by atoms with Crippen molar-refractivity contribution >= 4 is 17.8 Å². The summed E-state index contributed by atoms with van der Waals surface area (Å²) in [6, 6.07) is 6.30. The van der Waals surface area contributed by atoms with Crippen LogP contribution in [0, 0.1) is 5.92 Å². The number of carbonyl (C=O) groups excluding carboxylic acids is 2. The van der Waals surface area contributed by atoms with Gasteiger partial charge in [0.1, 0.15) is 6.04 Å². The molecule has 22 heavy (non-hydrogen) atoms. The molecule has 118 valence electrons. The molecule has 0 heterocycles. The van der Waals surface area contributed by atoms with E-state index in [1.807, 2.05) is 12.1 Å². The largest absolute Gasteiger partial charge is 0.480 e. The van der Waals surface area contributed by atoms with E-state index < -0.39 is 12.0 Å². The van der Waals surface area contributed by atoms with Crippen LogP contribution in [0.5, 0.6) is 0 Å². The predicted molar refractivity (Wildman–Crippen MR) is 80.5 cm³/mol. The summed E-state index contributed by atoms with van der Waals surface area (Å²) in [5, 5.41) is 13.9. The first-order valence-corrected chi connectivity index (χ1v) is 7.29. The van der Waals surface area contributed by atoms with Crippen molar-refractivity contribution in [1.82, 2.24) is 10.6 Å². The van der Waals surface area contributed by atoms with Crippen LogP contribution in [0.25, 0.3) is 0 Å². The van der Waals surface area contributed by atoms with E-state index in [0.717, 1.165) is 18.4 Å². The Morgan fingerprint density at radius 1 is 1.18 bits per heavy atom. The second-order valence-electron chi connectivity index (χ2n) is 5.56. The van der Waals surface area contributed by atoms with Crippen LogP contribution in [0.15, 0.2) is 24.3 Å². The van der Waals surface area contributed by atoms with Gasteiger partial charge < -0.3 is 15.7 Å². The van der Waals surface area contributed by atoms with Crippen LogP contribution in [-0.2, 0) is 9.59 Å². The van der Waals surface area contributed by atoms with Crippen molar-refractivity contribution in [1.29, 1.82) is 0 Å². The molecule has 2 unspecified atom stereocenters. The summed E-state index contributed by atoms with van der Waals surface area (Å²) in [5.74, 6) is -1.53. The molecule has 1 aromatic rings. The Morgan fingerprint density at radius 3 is 2.27 bits per heavy atom. The minimum atomic E-state index is -1.04. The van der Waals surface area contributed by atoms with E-state index in [2.05, 4.69) is 10.6 Å². The Balaban J connectivity index is 2.02. The van der Waals surface area contributed by atoms with Gasteiger partial charge in [0, 0.05) is 18.5 Å². The fraction of sp³-hybridized carbons (Fsp3) is 0.438. The second kappa shape index (κ2) is 6.60. The lowest BCUT2D eigenvalue weighted by Crippen LogP contribution is -2.45. The lowest BCUT2D eigenvalue weighted by Gasteiger charge is -2.36. The van der Waals surface area contributed by atoms with Gasteiger partial charge in [-0.25, -0.2) is 0 Å². The highest BCUT2D eigenvalue weighted by Crippen LogP contribution is 2.42. The van der Waals surface area contributed by atoms with Crippen molar-refractivity contribution in [3.63, 3.8) is 0 Å². The topological polar surface area (TPSA) is 95.5 Å². The molecule has 1 aliphatic rings. The van der Waals surface area contributed by atoms with Gasteiger partial charge in [-0.3, -0.25) is 14.4 Å². The number of carboxylic acids is 1. The number of rotatable bonds is 5. The first-order valence-electron chi connectivity index (χ1n) is 7.29. The SMILES string of the molecule is CNC(=O)c1ccc(C2CCC2C(=O)N[C@@H](C)C(=O)O)cc1. The normalized spacial score (nSPS) is 21.4. The van der Waals surface area contributed by atoms with Crippen LogP contribution in [0.3, 0.4) is 0 Å². The van der Waals surface area contributed by atoms with Gasteiger partial charge >= 0.3 is 5.97 Å². The van der Waals surface area contributed by atoms with Crippen molar-refractivity contribution in [3.8, 4) is 0 Å². The highest BCUT2D eigenvalue weighted by molar-refractivity contribution is 5.94. The number of hydrogen-bond acceptors (Lipinski definition) is 3. The second-order valence-corrected chi connectivity index (χ2v) is 5.56. The average Bonchev–Trinajstić information content (AvgIpc) is 2.45. The molecular formula is C16H20N2O4. The summed E-state index contributed by atoms with van der Waals surface area (Å²) < 4.78 is 0. The van der Waals surface area contributed by atoms with Crippen molar-refractivity contribution in [2.45, 2.75) is 31.7 Å². The average molecular weight is 304 g/mol. The molecule has 0 aliphatic heterocycles. The first-order chi connectivity index (χ1) is 10.4. The van der Waals surface area contributed by atoms with Crippen molar-refractivity contribution < 1.29 is 19.5 Å². The van der Waals surface area contributed by atoms with Crippen molar-refractivity contribution in [3.05, 3.63) is 35.4 Å². The Bertz CT molecular complexity index is 582. The summed E-state index contributed by atoms with van der Waals surface area (Å²) in [4.78, 5) is 34.4. The molecule has 1 aliphatic carbocycles. The minimum absolute atomic E-state index is 0.0831. The molecule has 0 aromatic heterocycles. The van der Waals surface area contributed by atoms with E-state index in [0.29, 0.717) is 5.56 Å². The van der Waals surface area contributed by atoms with Gasteiger partial charge in [-0.15, -0.1) is 0 Å². The number of benzene rings is 1. The summed E-state index contributed by atoms with van der Waals surface area (Å²) >= 11 is 0. The van der Waals surface area contributed by atoms with Gasteiger partial charge in [-0.1, -0.05) is 12.1 Å². The Hall–Kier alpha value is -2.37. The Labute approximate surface area is 128 Å². The van der Waals surface area contributed by atoms with Gasteiger partial charge in [0.15, 0.2) is 0 Å². The summed E-state index contributed by atoms with van der Waals surface area (Å²) in [5.41, 5.74) is 1.58. The molecule has 6 heteroatoms. The maximum Gasteiger partial charge on any atom is 0.325 e. The fourth-order valence-electron chi connectivity index (χ4n) is 2.62. The van der Waals surface area contributed by atoms with Crippen LogP contribution in [0.4, 0.5) is 0 Å². The molecule has 0 bridgehead atoms. The van der Waals surface area contributed by atoms with Gasteiger partial charge in [-0.05, 0) is 43.4 Å². The summed E-state index contributed by atoms with van der Waals surface area (Å²) in [6.45, 7) is 1.45. The molecule has 2 amide bonds. The lowest BCUT2D eigenvalue weighted by atomic mass is 9.69. The van der Waals surface area contributed by atoms with Crippen LogP contribution in [-0.4, -0.2) is 36.0 Å². The number of carbonyl (C=O) groups is 3. The maximum atomic E-state index is 12.1. The number of hydrogen-bond donors (Lipinski definition) is 3. The molecule has 6 nitrogen and oxygen atoms in total.